The minimum absolute atomic E-state index is 0.0676. The first-order chi connectivity index (χ1) is 7.50. The molecule has 6 nitrogen and oxygen atoms in total. The summed E-state index contributed by atoms with van der Waals surface area (Å²) in [6, 6.07) is 1.42. The first-order valence-corrected chi connectivity index (χ1v) is 6.65. The van der Waals surface area contributed by atoms with Crippen molar-refractivity contribution in [2.45, 2.75) is 24.0 Å². The van der Waals surface area contributed by atoms with E-state index in [-0.39, 0.29) is 17.5 Å². The lowest BCUT2D eigenvalue weighted by Crippen LogP contribution is -2.34. The van der Waals surface area contributed by atoms with Gasteiger partial charge in [0.15, 0.2) is 5.03 Å². The van der Waals surface area contributed by atoms with Crippen LogP contribution in [0.5, 0.6) is 0 Å². The van der Waals surface area contributed by atoms with Crippen LogP contribution in [0, 0.1) is 5.92 Å². The van der Waals surface area contributed by atoms with Crippen molar-refractivity contribution in [2.24, 2.45) is 13.0 Å². The highest BCUT2D eigenvalue weighted by Crippen LogP contribution is 2.32. The Bertz CT molecular complexity index is 464. The van der Waals surface area contributed by atoms with Crippen molar-refractivity contribution in [1.29, 1.82) is 0 Å². The molecule has 0 amide bonds. The lowest BCUT2D eigenvalue weighted by Gasteiger charge is -2.11. The van der Waals surface area contributed by atoms with Crippen LogP contribution in [-0.4, -0.2) is 36.0 Å². The van der Waals surface area contributed by atoms with Gasteiger partial charge in [-0.15, -0.1) is 0 Å². The van der Waals surface area contributed by atoms with E-state index < -0.39 is 16.1 Å². The standard InChI is InChI=1S/C9H15N3O3S/c1-12-9(4-5-10-12)16(14,15)11-6-8(13)7-2-3-7/h4-5,7-8,11,13H,2-3,6H2,1H3. The molecule has 7 heteroatoms. The normalized spacial score (nSPS) is 18.6. The highest BCUT2D eigenvalue weighted by Gasteiger charge is 2.30. The second kappa shape index (κ2) is 4.15. The smallest absolute Gasteiger partial charge is 0.257 e. The Morgan fingerprint density at radius 3 is 2.88 bits per heavy atom. The molecule has 1 unspecified atom stereocenters. The van der Waals surface area contributed by atoms with Crippen LogP contribution in [0.1, 0.15) is 12.8 Å². The molecule has 1 atom stereocenters. The number of aromatic nitrogens is 2. The average Bonchev–Trinajstić information content (AvgIpc) is 2.98. The topological polar surface area (TPSA) is 84.2 Å². The fourth-order valence-electron chi connectivity index (χ4n) is 1.54. The molecule has 1 aromatic rings. The SMILES string of the molecule is Cn1nccc1S(=O)(=O)NCC(O)C1CC1. The third-order valence-corrected chi connectivity index (χ3v) is 4.20. The molecule has 16 heavy (non-hydrogen) atoms. The van der Waals surface area contributed by atoms with E-state index in [1.54, 1.807) is 7.05 Å². The number of aryl methyl sites for hydroxylation is 1. The average molecular weight is 245 g/mol. The van der Waals surface area contributed by atoms with Crippen molar-refractivity contribution in [3.63, 3.8) is 0 Å². The molecule has 2 N–H and O–H groups in total. The summed E-state index contributed by atoms with van der Waals surface area (Å²) in [5, 5.41) is 13.5. The van der Waals surface area contributed by atoms with Crippen LogP contribution in [-0.2, 0) is 17.1 Å². The van der Waals surface area contributed by atoms with Crippen LogP contribution in [0.4, 0.5) is 0 Å². The largest absolute Gasteiger partial charge is 0.391 e. The highest BCUT2D eigenvalue weighted by atomic mass is 32.2. The molecule has 1 aliphatic carbocycles. The minimum Gasteiger partial charge on any atom is -0.391 e. The Balaban J connectivity index is 2.00. The van der Waals surface area contributed by atoms with Gasteiger partial charge in [0.05, 0.1) is 12.3 Å². The summed E-state index contributed by atoms with van der Waals surface area (Å²) < 4.78 is 27.2. The number of rotatable bonds is 5. The second-order valence-corrected chi connectivity index (χ2v) is 5.76. The summed E-state index contributed by atoms with van der Waals surface area (Å²) in [7, 11) is -2.00. The Labute approximate surface area is 94.3 Å². The van der Waals surface area contributed by atoms with Crippen molar-refractivity contribution >= 4 is 10.0 Å². The van der Waals surface area contributed by atoms with Crippen LogP contribution in [0.2, 0.25) is 0 Å². The number of aliphatic hydroxyl groups is 1. The van der Waals surface area contributed by atoms with Gasteiger partial charge in [-0.25, -0.2) is 13.1 Å². The number of nitrogens with one attached hydrogen (secondary N) is 1. The number of hydrogen-bond acceptors (Lipinski definition) is 4. The maximum atomic E-state index is 11.8. The van der Waals surface area contributed by atoms with E-state index >= 15 is 0 Å². The first kappa shape index (κ1) is 11.6. The lowest BCUT2D eigenvalue weighted by molar-refractivity contribution is 0.155. The van der Waals surface area contributed by atoms with Gasteiger partial charge >= 0.3 is 0 Å². The van der Waals surface area contributed by atoms with Crippen molar-refractivity contribution in [3.8, 4) is 0 Å². The minimum atomic E-state index is -3.56. The Hall–Kier alpha value is -0.920. The van der Waals surface area contributed by atoms with Crippen molar-refractivity contribution < 1.29 is 13.5 Å². The monoisotopic (exact) mass is 245 g/mol. The van der Waals surface area contributed by atoms with E-state index in [4.69, 9.17) is 0 Å². The van der Waals surface area contributed by atoms with E-state index in [2.05, 4.69) is 9.82 Å². The molecule has 0 radical (unpaired) electrons. The molecule has 1 aliphatic rings. The zero-order valence-electron chi connectivity index (χ0n) is 9.00. The van der Waals surface area contributed by atoms with E-state index in [1.807, 2.05) is 0 Å². The summed E-state index contributed by atoms with van der Waals surface area (Å²) in [5.41, 5.74) is 0. The van der Waals surface area contributed by atoms with Gasteiger partial charge in [-0.05, 0) is 24.8 Å². The summed E-state index contributed by atoms with van der Waals surface area (Å²) in [4.78, 5) is 0. The third kappa shape index (κ3) is 2.42. The van der Waals surface area contributed by atoms with Crippen LogP contribution in [0.15, 0.2) is 17.3 Å². The van der Waals surface area contributed by atoms with E-state index in [9.17, 15) is 13.5 Å². The van der Waals surface area contributed by atoms with E-state index in [0.717, 1.165) is 12.8 Å². The predicted molar refractivity (Wildman–Crippen MR) is 57.1 cm³/mol. The quantitative estimate of drug-likeness (QED) is 0.730. The van der Waals surface area contributed by atoms with Crippen LogP contribution in [0.3, 0.4) is 0 Å². The Morgan fingerprint density at radius 1 is 1.69 bits per heavy atom. The fraction of sp³-hybridized carbons (Fsp3) is 0.667. The summed E-state index contributed by atoms with van der Waals surface area (Å²) in [6.45, 7) is 0.0676. The van der Waals surface area contributed by atoms with Gasteiger partial charge in [-0.2, -0.15) is 5.10 Å². The molecule has 0 saturated heterocycles. The van der Waals surface area contributed by atoms with Gasteiger partial charge in [0.1, 0.15) is 0 Å². The lowest BCUT2D eigenvalue weighted by atomic mass is 10.2. The highest BCUT2D eigenvalue weighted by molar-refractivity contribution is 7.89. The van der Waals surface area contributed by atoms with Crippen molar-refractivity contribution in [1.82, 2.24) is 14.5 Å². The van der Waals surface area contributed by atoms with Crippen molar-refractivity contribution in [3.05, 3.63) is 12.3 Å². The maximum absolute atomic E-state index is 11.8. The molecule has 0 spiro atoms. The molecular weight excluding hydrogens is 230 g/mol. The number of aliphatic hydroxyl groups excluding tert-OH is 1. The van der Waals surface area contributed by atoms with E-state index in [0.29, 0.717) is 0 Å². The van der Waals surface area contributed by atoms with E-state index in [1.165, 1.54) is 16.9 Å². The molecule has 0 bridgehead atoms. The predicted octanol–water partition coefficient (Wildman–Crippen LogP) is -0.531. The third-order valence-electron chi connectivity index (χ3n) is 2.70. The number of sulfonamides is 1. The first-order valence-electron chi connectivity index (χ1n) is 5.16. The molecular formula is C9H15N3O3S. The van der Waals surface area contributed by atoms with Crippen LogP contribution >= 0.6 is 0 Å². The van der Waals surface area contributed by atoms with Gasteiger partial charge in [0.2, 0.25) is 0 Å². The Kier molecular flexibility index (Phi) is 3.00. The molecule has 0 aromatic carbocycles. The number of nitrogens with zero attached hydrogens (tertiary/aromatic N) is 2. The fourth-order valence-corrected chi connectivity index (χ4v) is 2.72. The molecule has 1 aromatic heterocycles. The van der Waals surface area contributed by atoms with Crippen molar-refractivity contribution in [2.75, 3.05) is 6.54 Å². The van der Waals surface area contributed by atoms with Gasteiger partial charge in [-0.3, -0.25) is 4.68 Å². The van der Waals surface area contributed by atoms with Gasteiger partial charge in [-0.1, -0.05) is 0 Å². The molecule has 1 heterocycles. The number of hydrogen-bond donors (Lipinski definition) is 2. The van der Waals surface area contributed by atoms with Crippen LogP contribution in [0.25, 0.3) is 0 Å². The maximum Gasteiger partial charge on any atom is 0.257 e. The molecule has 0 aliphatic heterocycles. The molecule has 2 rings (SSSR count). The summed E-state index contributed by atoms with van der Waals surface area (Å²) in [6.07, 6.45) is 2.80. The molecule has 1 fully saturated rings. The second-order valence-electron chi connectivity index (χ2n) is 4.05. The van der Waals surface area contributed by atoms with Crippen LogP contribution < -0.4 is 4.72 Å². The summed E-state index contributed by atoms with van der Waals surface area (Å²) >= 11 is 0. The molecule has 1 saturated carbocycles. The van der Waals surface area contributed by atoms with Gasteiger partial charge < -0.3 is 5.11 Å². The van der Waals surface area contributed by atoms with Gasteiger partial charge in [0, 0.05) is 13.6 Å². The Morgan fingerprint density at radius 2 is 2.38 bits per heavy atom. The zero-order chi connectivity index (χ0) is 11.8. The zero-order valence-corrected chi connectivity index (χ0v) is 9.81. The van der Waals surface area contributed by atoms with Gasteiger partial charge in [0.25, 0.3) is 10.0 Å². The summed E-state index contributed by atoms with van der Waals surface area (Å²) in [5.74, 6) is 0.259. The molecule has 90 valence electrons.